The van der Waals surface area contributed by atoms with Crippen LogP contribution in [0.25, 0.3) is 11.6 Å². The number of rotatable bonds is 5. The second kappa shape index (κ2) is 8.45. The van der Waals surface area contributed by atoms with Crippen LogP contribution in [0.15, 0.2) is 72.8 Å². The topological polar surface area (TPSA) is 30.3 Å². The molecule has 3 heteroatoms. The molecule has 0 saturated heterocycles. The Morgan fingerprint density at radius 1 is 0.679 bits per heavy atom. The van der Waals surface area contributed by atoms with E-state index < -0.39 is 0 Å². The molecule has 0 fully saturated rings. The van der Waals surface area contributed by atoms with Crippen LogP contribution >= 0.6 is 0 Å². The highest BCUT2D eigenvalue weighted by molar-refractivity contribution is 5.92. The summed E-state index contributed by atoms with van der Waals surface area (Å²) in [7, 11) is 8.18. The standard InChI is InChI=1S/C25H25N3/c1-27(2)23-13-9-21(10-14-23)25(17-19-5-7-20(18-26)8-6-19)22-11-15-24(16-12-22)28(3)4/h5-17H,1-4H3. The maximum absolute atomic E-state index is 9.03. The van der Waals surface area contributed by atoms with E-state index in [4.69, 9.17) is 5.26 Å². The molecule has 0 unspecified atom stereocenters. The molecule has 0 saturated carbocycles. The average Bonchev–Trinajstić information content (AvgIpc) is 2.72. The Hall–Kier alpha value is -3.51. The lowest BCUT2D eigenvalue weighted by molar-refractivity contribution is 1.13. The first-order valence-corrected chi connectivity index (χ1v) is 9.25. The van der Waals surface area contributed by atoms with Gasteiger partial charge >= 0.3 is 0 Å². The predicted octanol–water partition coefficient (Wildman–Crippen LogP) is 5.28. The zero-order valence-corrected chi connectivity index (χ0v) is 16.8. The van der Waals surface area contributed by atoms with E-state index in [-0.39, 0.29) is 0 Å². The Kier molecular flexibility index (Phi) is 5.81. The first-order valence-electron chi connectivity index (χ1n) is 9.25. The van der Waals surface area contributed by atoms with Gasteiger partial charge in [0.2, 0.25) is 0 Å². The minimum absolute atomic E-state index is 0.671. The van der Waals surface area contributed by atoms with Crippen LogP contribution < -0.4 is 9.80 Å². The summed E-state index contributed by atoms with van der Waals surface area (Å²) < 4.78 is 0. The molecule has 0 radical (unpaired) electrons. The molecule has 0 aliphatic carbocycles. The quantitative estimate of drug-likeness (QED) is 0.575. The van der Waals surface area contributed by atoms with E-state index in [1.54, 1.807) is 0 Å². The van der Waals surface area contributed by atoms with Gasteiger partial charge in [-0.3, -0.25) is 0 Å². The molecule has 3 aromatic rings. The highest BCUT2D eigenvalue weighted by atomic mass is 15.1. The largest absolute Gasteiger partial charge is 0.378 e. The van der Waals surface area contributed by atoms with Crippen molar-refractivity contribution < 1.29 is 0 Å². The number of benzene rings is 3. The van der Waals surface area contributed by atoms with E-state index in [9.17, 15) is 0 Å². The summed E-state index contributed by atoms with van der Waals surface area (Å²) in [6, 6.07) is 27.0. The fourth-order valence-corrected chi connectivity index (χ4v) is 3.03. The van der Waals surface area contributed by atoms with Gasteiger partial charge in [0.05, 0.1) is 11.6 Å². The van der Waals surface area contributed by atoms with Crippen LogP contribution in [-0.4, -0.2) is 28.2 Å². The van der Waals surface area contributed by atoms with Crippen molar-refractivity contribution in [2.45, 2.75) is 0 Å². The zero-order valence-electron chi connectivity index (χ0n) is 16.8. The van der Waals surface area contributed by atoms with Crippen molar-refractivity contribution >= 4 is 23.0 Å². The Balaban J connectivity index is 2.06. The minimum atomic E-state index is 0.671. The average molecular weight is 367 g/mol. The molecule has 0 amide bonds. The van der Waals surface area contributed by atoms with Gasteiger partial charge in [0.15, 0.2) is 0 Å². The van der Waals surface area contributed by atoms with E-state index >= 15 is 0 Å². The maximum Gasteiger partial charge on any atom is 0.0991 e. The summed E-state index contributed by atoms with van der Waals surface area (Å²) in [5.74, 6) is 0. The molecule has 0 heterocycles. The van der Waals surface area contributed by atoms with Crippen molar-refractivity contribution in [1.82, 2.24) is 0 Å². The fourth-order valence-electron chi connectivity index (χ4n) is 3.03. The van der Waals surface area contributed by atoms with Gasteiger partial charge in [-0.15, -0.1) is 0 Å². The van der Waals surface area contributed by atoms with Crippen LogP contribution in [0.3, 0.4) is 0 Å². The summed E-state index contributed by atoms with van der Waals surface area (Å²) >= 11 is 0. The van der Waals surface area contributed by atoms with Gasteiger partial charge in [-0.1, -0.05) is 36.4 Å². The van der Waals surface area contributed by atoms with Gasteiger partial charge in [-0.05, 0) is 64.7 Å². The normalized spacial score (nSPS) is 10.1. The van der Waals surface area contributed by atoms with Crippen LogP contribution in [0, 0.1) is 11.3 Å². The van der Waals surface area contributed by atoms with E-state index in [2.05, 4.69) is 70.5 Å². The van der Waals surface area contributed by atoms with Crippen molar-refractivity contribution in [3.63, 3.8) is 0 Å². The van der Waals surface area contributed by atoms with Gasteiger partial charge in [-0.2, -0.15) is 5.26 Å². The SMILES string of the molecule is CN(C)c1ccc(C(=Cc2ccc(C#N)cc2)c2ccc(N(C)C)cc2)cc1. The molecule has 0 spiro atoms. The molecular formula is C25H25N3. The molecule has 28 heavy (non-hydrogen) atoms. The summed E-state index contributed by atoms with van der Waals surface area (Å²) in [6.07, 6.45) is 2.18. The number of nitriles is 1. The second-order valence-corrected chi connectivity index (χ2v) is 7.17. The molecule has 140 valence electrons. The summed E-state index contributed by atoms with van der Waals surface area (Å²) in [6.45, 7) is 0. The maximum atomic E-state index is 9.03. The monoisotopic (exact) mass is 367 g/mol. The van der Waals surface area contributed by atoms with E-state index in [0.29, 0.717) is 5.56 Å². The Bertz CT molecular complexity index is 934. The third kappa shape index (κ3) is 4.42. The van der Waals surface area contributed by atoms with Crippen LogP contribution in [0.5, 0.6) is 0 Å². The van der Waals surface area contributed by atoms with Crippen molar-refractivity contribution in [2.24, 2.45) is 0 Å². The molecule has 0 N–H and O–H groups in total. The van der Waals surface area contributed by atoms with Crippen molar-refractivity contribution in [2.75, 3.05) is 38.0 Å². The molecule has 0 atom stereocenters. The molecular weight excluding hydrogens is 342 g/mol. The second-order valence-electron chi connectivity index (χ2n) is 7.17. The van der Waals surface area contributed by atoms with Crippen molar-refractivity contribution in [3.8, 4) is 6.07 Å². The smallest absolute Gasteiger partial charge is 0.0991 e. The summed E-state index contributed by atoms with van der Waals surface area (Å²) in [4.78, 5) is 4.19. The number of anilines is 2. The van der Waals surface area contributed by atoms with Gasteiger partial charge < -0.3 is 9.80 Å². The molecule has 0 aliphatic rings. The van der Waals surface area contributed by atoms with Crippen LogP contribution in [-0.2, 0) is 0 Å². The van der Waals surface area contributed by atoms with Crippen LogP contribution in [0.2, 0.25) is 0 Å². The minimum Gasteiger partial charge on any atom is -0.378 e. The van der Waals surface area contributed by atoms with Gasteiger partial charge in [0.1, 0.15) is 0 Å². The molecule has 0 aliphatic heterocycles. The van der Waals surface area contributed by atoms with Crippen LogP contribution in [0.4, 0.5) is 11.4 Å². The Morgan fingerprint density at radius 2 is 1.11 bits per heavy atom. The molecule has 0 aromatic heterocycles. The third-order valence-electron chi connectivity index (χ3n) is 4.74. The molecule has 3 aromatic carbocycles. The predicted molar refractivity (Wildman–Crippen MR) is 120 cm³/mol. The Labute approximate surface area is 167 Å². The fraction of sp³-hybridized carbons (Fsp3) is 0.160. The van der Waals surface area contributed by atoms with Crippen molar-refractivity contribution in [1.29, 1.82) is 5.26 Å². The van der Waals surface area contributed by atoms with Crippen molar-refractivity contribution in [3.05, 3.63) is 95.1 Å². The lowest BCUT2D eigenvalue weighted by atomic mass is 9.95. The number of nitrogens with zero attached hydrogens (tertiary/aromatic N) is 3. The molecule has 3 nitrogen and oxygen atoms in total. The van der Waals surface area contributed by atoms with Gasteiger partial charge in [0, 0.05) is 39.6 Å². The molecule has 0 bridgehead atoms. The summed E-state index contributed by atoms with van der Waals surface area (Å²) in [5, 5.41) is 9.03. The van der Waals surface area contributed by atoms with E-state index in [0.717, 1.165) is 22.3 Å². The van der Waals surface area contributed by atoms with Gasteiger partial charge in [0.25, 0.3) is 0 Å². The van der Waals surface area contributed by atoms with E-state index in [1.165, 1.54) is 11.4 Å². The Morgan fingerprint density at radius 3 is 1.46 bits per heavy atom. The summed E-state index contributed by atoms with van der Waals surface area (Å²) in [5.41, 5.74) is 7.56. The first kappa shape index (κ1) is 19.3. The molecule has 3 rings (SSSR count). The number of hydrogen-bond acceptors (Lipinski definition) is 3. The zero-order chi connectivity index (χ0) is 20.1. The van der Waals surface area contributed by atoms with E-state index in [1.807, 2.05) is 52.5 Å². The highest BCUT2D eigenvalue weighted by Crippen LogP contribution is 2.29. The van der Waals surface area contributed by atoms with Gasteiger partial charge in [-0.25, -0.2) is 0 Å². The third-order valence-corrected chi connectivity index (χ3v) is 4.74. The van der Waals surface area contributed by atoms with Crippen LogP contribution in [0.1, 0.15) is 22.3 Å². The first-order chi connectivity index (χ1) is 13.5. The lowest BCUT2D eigenvalue weighted by Crippen LogP contribution is -2.08. The lowest BCUT2D eigenvalue weighted by Gasteiger charge is -2.16. The highest BCUT2D eigenvalue weighted by Gasteiger charge is 2.08. The number of hydrogen-bond donors (Lipinski definition) is 0.